The smallest absolute Gasteiger partial charge is 0.312 e. The molecule has 5 rings (SSSR count). The summed E-state index contributed by atoms with van der Waals surface area (Å²) in [6.07, 6.45) is 11.6. The SMILES string of the molecule is C[C@@H]1CCCC[C@H]1NC(=O)COC(=O)C12CC3CC(CC(C3)C1)C2. The number of ether oxygens (including phenoxy) is 1. The van der Waals surface area contributed by atoms with E-state index in [1.165, 1.54) is 38.5 Å². The van der Waals surface area contributed by atoms with Crippen molar-refractivity contribution in [2.75, 3.05) is 6.61 Å². The Bertz CT molecular complexity index is 480. The summed E-state index contributed by atoms with van der Waals surface area (Å²) in [5.74, 6) is 2.49. The first-order valence-electron chi connectivity index (χ1n) is 10.0. The number of carbonyl (C=O) groups is 2. The fourth-order valence-corrected chi connectivity index (χ4v) is 6.42. The Morgan fingerprint density at radius 1 is 1.00 bits per heavy atom. The highest BCUT2D eigenvalue weighted by Gasteiger charge is 2.55. The minimum absolute atomic E-state index is 0.0894. The van der Waals surface area contributed by atoms with Crippen molar-refractivity contribution in [2.24, 2.45) is 29.1 Å². The van der Waals surface area contributed by atoms with Gasteiger partial charge in [-0.25, -0.2) is 0 Å². The fourth-order valence-electron chi connectivity index (χ4n) is 6.42. The van der Waals surface area contributed by atoms with Gasteiger partial charge in [0.15, 0.2) is 6.61 Å². The summed E-state index contributed by atoms with van der Waals surface area (Å²) in [5, 5.41) is 3.08. The van der Waals surface area contributed by atoms with Crippen molar-refractivity contribution in [3.05, 3.63) is 0 Å². The number of hydrogen-bond acceptors (Lipinski definition) is 3. The van der Waals surface area contributed by atoms with Gasteiger partial charge in [-0.2, -0.15) is 0 Å². The van der Waals surface area contributed by atoms with Gasteiger partial charge in [-0.1, -0.05) is 19.8 Å². The van der Waals surface area contributed by atoms with Crippen molar-refractivity contribution in [1.82, 2.24) is 5.32 Å². The predicted octanol–water partition coefficient (Wildman–Crippen LogP) is 3.44. The molecule has 0 radical (unpaired) electrons. The molecule has 4 nitrogen and oxygen atoms in total. The van der Waals surface area contributed by atoms with Crippen LogP contribution >= 0.6 is 0 Å². The van der Waals surface area contributed by atoms with Gasteiger partial charge in [0.2, 0.25) is 0 Å². The lowest BCUT2D eigenvalue weighted by atomic mass is 9.49. The van der Waals surface area contributed by atoms with Crippen LogP contribution in [0.5, 0.6) is 0 Å². The summed E-state index contributed by atoms with van der Waals surface area (Å²) in [4.78, 5) is 25.0. The standard InChI is InChI=1S/C20H31NO3/c1-13-4-2-3-5-17(13)21-18(22)12-24-19(23)20-9-14-6-15(10-20)8-16(7-14)11-20/h13-17H,2-12H2,1H3,(H,21,22)/t13-,14?,15?,16?,17-,20?/m1/s1. The van der Waals surface area contributed by atoms with E-state index in [0.717, 1.165) is 43.4 Å². The van der Waals surface area contributed by atoms with Crippen molar-refractivity contribution < 1.29 is 14.3 Å². The van der Waals surface area contributed by atoms with Crippen LogP contribution in [0.15, 0.2) is 0 Å². The molecule has 4 bridgehead atoms. The van der Waals surface area contributed by atoms with Crippen LogP contribution in [0.4, 0.5) is 0 Å². The Kier molecular flexibility index (Phi) is 4.34. The topological polar surface area (TPSA) is 55.4 Å². The van der Waals surface area contributed by atoms with E-state index in [1.54, 1.807) is 0 Å². The summed E-state index contributed by atoms with van der Waals surface area (Å²) in [5.41, 5.74) is -0.257. The zero-order chi connectivity index (χ0) is 16.7. The van der Waals surface area contributed by atoms with Gasteiger partial charge >= 0.3 is 5.97 Å². The Morgan fingerprint density at radius 2 is 1.58 bits per heavy atom. The van der Waals surface area contributed by atoms with E-state index < -0.39 is 0 Å². The number of carbonyl (C=O) groups excluding carboxylic acids is 2. The van der Waals surface area contributed by atoms with Crippen molar-refractivity contribution in [2.45, 2.75) is 77.2 Å². The van der Waals surface area contributed by atoms with Gasteiger partial charge in [-0.15, -0.1) is 0 Å². The van der Waals surface area contributed by atoms with Gasteiger partial charge in [0, 0.05) is 6.04 Å². The van der Waals surface area contributed by atoms with Crippen LogP contribution in [0.3, 0.4) is 0 Å². The Balaban J connectivity index is 1.29. The van der Waals surface area contributed by atoms with E-state index in [2.05, 4.69) is 12.2 Å². The normalized spacial score (nSPS) is 43.5. The quantitative estimate of drug-likeness (QED) is 0.802. The van der Waals surface area contributed by atoms with Crippen molar-refractivity contribution >= 4 is 11.9 Å². The molecule has 5 aliphatic rings. The molecular formula is C20H31NO3. The molecular weight excluding hydrogens is 302 g/mol. The third-order valence-corrected chi connectivity index (χ3v) is 7.26. The number of hydrogen-bond donors (Lipinski definition) is 1. The monoisotopic (exact) mass is 333 g/mol. The molecule has 0 aromatic rings. The molecule has 0 aliphatic heterocycles. The van der Waals surface area contributed by atoms with Gasteiger partial charge in [-0.3, -0.25) is 9.59 Å². The largest absolute Gasteiger partial charge is 0.455 e. The average molecular weight is 333 g/mol. The van der Waals surface area contributed by atoms with Gasteiger partial charge in [0.25, 0.3) is 5.91 Å². The first-order valence-corrected chi connectivity index (χ1v) is 10.0. The van der Waals surface area contributed by atoms with Crippen molar-refractivity contribution in [3.63, 3.8) is 0 Å². The maximum atomic E-state index is 12.8. The highest BCUT2D eigenvalue weighted by atomic mass is 16.5. The second kappa shape index (κ2) is 6.34. The first kappa shape index (κ1) is 16.4. The molecule has 0 aromatic carbocycles. The number of nitrogens with one attached hydrogen (secondary N) is 1. The summed E-state index contributed by atoms with van der Waals surface area (Å²) >= 11 is 0. The molecule has 2 atom stereocenters. The lowest BCUT2D eigenvalue weighted by molar-refractivity contribution is -0.173. The lowest BCUT2D eigenvalue weighted by Crippen LogP contribution is -2.51. The Hall–Kier alpha value is -1.06. The molecule has 1 amide bonds. The number of rotatable bonds is 4. The fraction of sp³-hybridized carbons (Fsp3) is 0.900. The molecule has 134 valence electrons. The predicted molar refractivity (Wildman–Crippen MR) is 91.1 cm³/mol. The summed E-state index contributed by atoms with van der Waals surface area (Å²) in [6.45, 7) is 2.11. The summed E-state index contributed by atoms with van der Waals surface area (Å²) in [6, 6.07) is 0.254. The van der Waals surface area contributed by atoms with Gasteiger partial charge in [0.1, 0.15) is 0 Å². The molecule has 5 fully saturated rings. The molecule has 0 saturated heterocycles. The van der Waals surface area contributed by atoms with E-state index in [0.29, 0.717) is 5.92 Å². The van der Waals surface area contributed by atoms with Crippen LogP contribution in [-0.4, -0.2) is 24.5 Å². The maximum Gasteiger partial charge on any atom is 0.312 e. The zero-order valence-corrected chi connectivity index (χ0v) is 14.9. The van der Waals surface area contributed by atoms with Crippen LogP contribution in [0.1, 0.15) is 71.1 Å². The Labute approximate surface area is 145 Å². The number of esters is 1. The van der Waals surface area contributed by atoms with E-state index in [-0.39, 0.29) is 29.9 Å². The summed E-state index contributed by atoms with van der Waals surface area (Å²) < 4.78 is 5.51. The van der Waals surface area contributed by atoms with Crippen LogP contribution < -0.4 is 5.32 Å². The van der Waals surface area contributed by atoms with Crippen molar-refractivity contribution in [3.8, 4) is 0 Å². The summed E-state index contributed by atoms with van der Waals surface area (Å²) in [7, 11) is 0. The van der Waals surface area contributed by atoms with E-state index in [9.17, 15) is 9.59 Å². The van der Waals surface area contributed by atoms with E-state index in [4.69, 9.17) is 4.74 Å². The molecule has 5 saturated carbocycles. The molecule has 0 aromatic heterocycles. The minimum Gasteiger partial charge on any atom is -0.455 e. The molecule has 1 N–H and O–H groups in total. The zero-order valence-electron chi connectivity index (χ0n) is 14.9. The molecule has 5 aliphatic carbocycles. The third-order valence-electron chi connectivity index (χ3n) is 7.26. The van der Waals surface area contributed by atoms with Gasteiger partial charge < -0.3 is 10.1 Å². The third kappa shape index (κ3) is 3.09. The van der Waals surface area contributed by atoms with Gasteiger partial charge in [-0.05, 0) is 75.0 Å². The Morgan fingerprint density at radius 3 is 2.17 bits per heavy atom. The van der Waals surface area contributed by atoms with E-state index in [1.807, 2.05) is 0 Å². The van der Waals surface area contributed by atoms with Crippen LogP contribution in [-0.2, 0) is 14.3 Å². The van der Waals surface area contributed by atoms with Crippen LogP contribution in [0.25, 0.3) is 0 Å². The van der Waals surface area contributed by atoms with Crippen molar-refractivity contribution in [1.29, 1.82) is 0 Å². The highest BCUT2D eigenvalue weighted by Crippen LogP contribution is 2.60. The minimum atomic E-state index is -0.257. The maximum absolute atomic E-state index is 12.8. The van der Waals surface area contributed by atoms with Crippen LogP contribution in [0.2, 0.25) is 0 Å². The number of amides is 1. The second-order valence-electron chi connectivity index (χ2n) is 9.21. The first-order chi connectivity index (χ1) is 11.5. The van der Waals surface area contributed by atoms with E-state index >= 15 is 0 Å². The highest BCUT2D eigenvalue weighted by molar-refractivity contribution is 5.83. The molecule has 4 heteroatoms. The lowest BCUT2D eigenvalue weighted by Gasteiger charge is -2.55. The average Bonchev–Trinajstić information content (AvgIpc) is 2.53. The molecule has 0 spiro atoms. The van der Waals surface area contributed by atoms with Gasteiger partial charge in [0.05, 0.1) is 5.41 Å². The molecule has 0 heterocycles. The van der Waals surface area contributed by atoms with Crippen LogP contribution in [0, 0.1) is 29.1 Å². The second-order valence-corrected chi connectivity index (χ2v) is 9.21. The molecule has 0 unspecified atom stereocenters. The molecule has 24 heavy (non-hydrogen) atoms.